The van der Waals surface area contributed by atoms with Crippen LogP contribution in [0.15, 0.2) is 66.7 Å². The first-order chi connectivity index (χ1) is 14.6. The quantitative estimate of drug-likeness (QED) is 0.385. The zero-order valence-electron chi connectivity index (χ0n) is 16.1. The van der Waals surface area contributed by atoms with Crippen molar-refractivity contribution in [2.75, 3.05) is 17.7 Å². The van der Waals surface area contributed by atoms with Gasteiger partial charge in [0.2, 0.25) is 0 Å². The molecular weight excluding hydrogens is 404 g/mol. The number of amides is 2. The summed E-state index contributed by atoms with van der Waals surface area (Å²) in [6, 6.07) is 19.6. The lowest BCUT2D eigenvalue weighted by Gasteiger charge is -2.09. The molecule has 30 heavy (non-hydrogen) atoms. The summed E-state index contributed by atoms with van der Waals surface area (Å²) in [7, 11) is 1.59. The van der Waals surface area contributed by atoms with Gasteiger partial charge >= 0.3 is 6.03 Å². The minimum atomic E-state index is -0.407. The van der Waals surface area contributed by atoms with E-state index in [2.05, 4.69) is 20.8 Å². The Bertz CT molecular complexity index is 1170. The number of anilines is 2. The minimum Gasteiger partial charge on any atom is -0.497 e. The number of halogens is 1. The molecule has 4 aromatic rings. The molecule has 0 unspecified atom stereocenters. The standard InChI is InChI=1S/C22H19ClN4O3/c1-29-16-8-6-15(7-9-16)24-22(28)25-21-18-12-17(10-11-20(18)26-27-21)30-13-14-4-2-3-5-19(14)23/h2-12H,13H2,1H3,(H3,24,25,26,27,28). The Labute approximate surface area is 178 Å². The number of nitrogens with zero attached hydrogens (tertiary/aromatic N) is 1. The van der Waals surface area contributed by atoms with Crippen LogP contribution in [0.25, 0.3) is 10.9 Å². The van der Waals surface area contributed by atoms with Gasteiger partial charge < -0.3 is 14.8 Å². The molecule has 1 aromatic heterocycles. The summed E-state index contributed by atoms with van der Waals surface area (Å²) < 4.78 is 11.0. The van der Waals surface area contributed by atoms with E-state index in [4.69, 9.17) is 21.1 Å². The number of fused-ring (bicyclic) bond motifs is 1. The van der Waals surface area contributed by atoms with E-state index < -0.39 is 6.03 Å². The third-order valence-electron chi connectivity index (χ3n) is 4.47. The molecule has 2 amide bonds. The lowest BCUT2D eigenvalue weighted by Crippen LogP contribution is -2.19. The molecule has 0 aliphatic carbocycles. The number of carbonyl (C=O) groups excluding carboxylic acids is 1. The Morgan fingerprint density at radius 1 is 1.03 bits per heavy atom. The fourth-order valence-corrected chi connectivity index (χ4v) is 3.09. The van der Waals surface area contributed by atoms with Crippen LogP contribution < -0.4 is 20.1 Å². The fourth-order valence-electron chi connectivity index (χ4n) is 2.90. The van der Waals surface area contributed by atoms with E-state index in [9.17, 15) is 4.79 Å². The topological polar surface area (TPSA) is 88.3 Å². The molecule has 152 valence electrons. The van der Waals surface area contributed by atoms with Crippen molar-refractivity contribution in [1.82, 2.24) is 10.2 Å². The van der Waals surface area contributed by atoms with Gasteiger partial charge in [-0.1, -0.05) is 29.8 Å². The Balaban J connectivity index is 1.45. The highest BCUT2D eigenvalue weighted by atomic mass is 35.5. The molecule has 8 heteroatoms. The van der Waals surface area contributed by atoms with E-state index in [0.717, 1.165) is 16.5 Å². The highest BCUT2D eigenvalue weighted by Gasteiger charge is 2.11. The number of urea groups is 1. The highest BCUT2D eigenvalue weighted by molar-refractivity contribution is 6.31. The summed E-state index contributed by atoms with van der Waals surface area (Å²) in [5.74, 6) is 1.75. The van der Waals surface area contributed by atoms with Crippen molar-refractivity contribution in [3.8, 4) is 11.5 Å². The Morgan fingerprint density at radius 3 is 2.57 bits per heavy atom. The number of carbonyl (C=O) groups is 1. The zero-order valence-corrected chi connectivity index (χ0v) is 16.9. The van der Waals surface area contributed by atoms with Gasteiger partial charge in [0.15, 0.2) is 5.82 Å². The molecule has 0 spiro atoms. The number of aromatic amines is 1. The number of methoxy groups -OCH3 is 1. The average molecular weight is 423 g/mol. The summed E-state index contributed by atoms with van der Waals surface area (Å²) >= 11 is 6.18. The maximum atomic E-state index is 12.4. The van der Waals surface area contributed by atoms with E-state index in [0.29, 0.717) is 34.6 Å². The van der Waals surface area contributed by atoms with Crippen molar-refractivity contribution in [2.45, 2.75) is 6.61 Å². The van der Waals surface area contributed by atoms with Gasteiger partial charge in [0.05, 0.1) is 12.6 Å². The smallest absolute Gasteiger partial charge is 0.324 e. The first-order valence-electron chi connectivity index (χ1n) is 9.19. The van der Waals surface area contributed by atoms with E-state index in [-0.39, 0.29) is 0 Å². The second-order valence-electron chi connectivity index (χ2n) is 6.47. The lowest BCUT2D eigenvalue weighted by atomic mass is 10.2. The number of nitrogens with one attached hydrogen (secondary N) is 3. The van der Waals surface area contributed by atoms with Crippen LogP contribution in [0.1, 0.15) is 5.56 Å². The summed E-state index contributed by atoms with van der Waals surface area (Å²) in [6.07, 6.45) is 0. The predicted octanol–water partition coefficient (Wildman–Crippen LogP) is 5.45. The Hall–Kier alpha value is -3.71. The third-order valence-corrected chi connectivity index (χ3v) is 4.84. The van der Waals surface area contributed by atoms with Crippen LogP contribution in [0.2, 0.25) is 5.02 Å². The van der Waals surface area contributed by atoms with Crippen LogP contribution >= 0.6 is 11.6 Å². The molecule has 0 saturated carbocycles. The number of ether oxygens (including phenoxy) is 2. The van der Waals surface area contributed by atoms with Crippen molar-refractivity contribution in [1.29, 1.82) is 0 Å². The van der Waals surface area contributed by atoms with Crippen LogP contribution in [0.3, 0.4) is 0 Å². The van der Waals surface area contributed by atoms with Gasteiger partial charge in [-0.25, -0.2) is 4.79 Å². The van der Waals surface area contributed by atoms with Crippen molar-refractivity contribution >= 4 is 40.0 Å². The number of benzene rings is 3. The summed E-state index contributed by atoms with van der Waals surface area (Å²) in [6.45, 7) is 0.337. The van der Waals surface area contributed by atoms with E-state index >= 15 is 0 Å². The highest BCUT2D eigenvalue weighted by Crippen LogP contribution is 2.27. The van der Waals surface area contributed by atoms with Gasteiger partial charge in [-0.15, -0.1) is 0 Å². The lowest BCUT2D eigenvalue weighted by molar-refractivity contribution is 0.262. The molecular formula is C22H19ClN4O3. The largest absolute Gasteiger partial charge is 0.497 e. The maximum Gasteiger partial charge on any atom is 0.324 e. The Morgan fingerprint density at radius 2 is 1.80 bits per heavy atom. The SMILES string of the molecule is COc1ccc(NC(=O)Nc2n[nH]c3ccc(OCc4ccccc4Cl)cc23)cc1. The zero-order chi connectivity index (χ0) is 20.9. The number of H-pyrrole nitrogens is 1. The van der Waals surface area contributed by atoms with Crippen molar-refractivity contribution in [2.24, 2.45) is 0 Å². The molecule has 0 radical (unpaired) electrons. The molecule has 0 aliphatic rings. The molecule has 7 nitrogen and oxygen atoms in total. The number of rotatable bonds is 6. The van der Waals surface area contributed by atoms with E-state index in [1.165, 1.54) is 0 Å². The third kappa shape index (κ3) is 4.47. The average Bonchev–Trinajstić information content (AvgIpc) is 3.15. The van der Waals surface area contributed by atoms with Crippen LogP contribution in [0.5, 0.6) is 11.5 Å². The molecule has 1 heterocycles. The van der Waals surface area contributed by atoms with Crippen molar-refractivity contribution < 1.29 is 14.3 Å². The molecule has 0 aliphatic heterocycles. The molecule has 0 fully saturated rings. The van der Waals surface area contributed by atoms with Crippen molar-refractivity contribution in [3.63, 3.8) is 0 Å². The molecule has 3 aromatic carbocycles. The van der Waals surface area contributed by atoms with Crippen LogP contribution in [0.4, 0.5) is 16.3 Å². The first kappa shape index (κ1) is 19.6. The molecule has 0 bridgehead atoms. The van der Waals surface area contributed by atoms with E-state index in [1.807, 2.05) is 42.5 Å². The summed E-state index contributed by atoms with van der Waals surface area (Å²) in [5.41, 5.74) is 2.31. The molecule has 0 saturated heterocycles. The van der Waals surface area contributed by atoms with Gasteiger partial charge in [-0.3, -0.25) is 10.4 Å². The molecule has 4 rings (SSSR count). The number of hydrogen-bond donors (Lipinski definition) is 3. The fraction of sp³-hybridized carbons (Fsp3) is 0.0909. The second-order valence-corrected chi connectivity index (χ2v) is 6.87. The molecule has 3 N–H and O–H groups in total. The molecule has 0 atom stereocenters. The number of aromatic nitrogens is 2. The van der Waals surface area contributed by atoms with Gasteiger partial charge in [0, 0.05) is 21.7 Å². The normalized spacial score (nSPS) is 10.6. The number of hydrogen-bond acceptors (Lipinski definition) is 4. The van der Waals surface area contributed by atoms with Crippen LogP contribution in [-0.2, 0) is 6.61 Å². The Kier molecular flexibility index (Phi) is 5.72. The first-order valence-corrected chi connectivity index (χ1v) is 9.56. The van der Waals surface area contributed by atoms with Gasteiger partial charge in [-0.2, -0.15) is 5.10 Å². The monoisotopic (exact) mass is 422 g/mol. The van der Waals surface area contributed by atoms with Gasteiger partial charge in [0.25, 0.3) is 0 Å². The predicted molar refractivity (Wildman–Crippen MR) is 118 cm³/mol. The van der Waals surface area contributed by atoms with Crippen molar-refractivity contribution in [3.05, 3.63) is 77.3 Å². The van der Waals surface area contributed by atoms with Gasteiger partial charge in [0.1, 0.15) is 18.1 Å². The summed E-state index contributed by atoms with van der Waals surface area (Å²) in [4.78, 5) is 12.4. The maximum absolute atomic E-state index is 12.4. The van der Waals surface area contributed by atoms with Gasteiger partial charge in [-0.05, 0) is 48.5 Å². The minimum absolute atomic E-state index is 0.337. The summed E-state index contributed by atoms with van der Waals surface area (Å²) in [5, 5.41) is 14.0. The second kappa shape index (κ2) is 8.75. The van der Waals surface area contributed by atoms with E-state index in [1.54, 1.807) is 31.4 Å². The van der Waals surface area contributed by atoms with Crippen LogP contribution in [0, 0.1) is 0 Å². The van der Waals surface area contributed by atoms with Crippen LogP contribution in [-0.4, -0.2) is 23.3 Å².